The number of nitrogens with one attached hydrogen (secondary N) is 2. The highest BCUT2D eigenvalue weighted by Gasteiger charge is 2.34. The average molecular weight is 366 g/mol. The Hall–Kier alpha value is -3.28. The van der Waals surface area contributed by atoms with Crippen molar-refractivity contribution in [2.24, 2.45) is 0 Å². The summed E-state index contributed by atoms with van der Waals surface area (Å²) in [6.45, 7) is 0. The smallest absolute Gasteiger partial charge is 0.375 e. The second-order valence-corrected chi connectivity index (χ2v) is 5.51. The Morgan fingerprint density at radius 1 is 1.15 bits per heavy atom. The van der Waals surface area contributed by atoms with E-state index in [-0.39, 0.29) is 16.8 Å². The van der Waals surface area contributed by atoms with Gasteiger partial charge in [0.05, 0.1) is 28.6 Å². The van der Waals surface area contributed by atoms with Crippen molar-refractivity contribution in [3.05, 3.63) is 58.9 Å². The molecule has 0 fully saturated rings. The van der Waals surface area contributed by atoms with Crippen LogP contribution in [0.5, 0.6) is 0 Å². The number of benzene rings is 2. The number of carbonyl (C=O) groups is 1. The molecule has 0 spiro atoms. The van der Waals surface area contributed by atoms with Crippen molar-refractivity contribution in [1.29, 1.82) is 5.26 Å². The summed E-state index contributed by atoms with van der Waals surface area (Å²) in [5.41, 5.74) is 2.74. The molecule has 0 saturated heterocycles. The van der Waals surface area contributed by atoms with Crippen LogP contribution in [-0.2, 0) is 6.18 Å². The molecule has 0 radical (unpaired) electrons. The standard InChI is InChI=1S/C17H14F4N4O/c1-25(2)15-6-4-11(8-13(15)18)16(26)24-23-14-5-3-10(9-22)7-12(14)17(19,20)21/h3-8,23H,1-2H3,(H,24,26). The molecule has 0 saturated carbocycles. The molecule has 0 aliphatic rings. The van der Waals surface area contributed by atoms with Gasteiger partial charge in [-0.05, 0) is 36.4 Å². The highest BCUT2D eigenvalue weighted by atomic mass is 19.4. The minimum Gasteiger partial charge on any atom is -0.375 e. The summed E-state index contributed by atoms with van der Waals surface area (Å²) in [4.78, 5) is 13.6. The second kappa shape index (κ2) is 7.31. The molecule has 2 aromatic rings. The van der Waals surface area contributed by atoms with Crippen LogP contribution in [0.1, 0.15) is 21.5 Å². The van der Waals surface area contributed by atoms with E-state index >= 15 is 0 Å². The van der Waals surface area contributed by atoms with E-state index in [1.807, 2.05) is 0 Å². The number of halogens is 4. The number of nitriles is 1. The molecule has 9 heteroatoms. The highest BCUT2D eigenvalue weighted by Crippen LogP contribution is 2.35. The van der Waals surface area contributed by atoms with Crippen molar-refractivity contribution < 1.29 is 22.4 Å². The van der Waals surface area contributed by atoms with Gasteiger partial charge < -0.3 is 4.90 Å². The Bertz CT molecular complexity index is 872. The third-order valence-corrected chi connectivity index (χ3v) is 3.46. The van der Waals surface area contributed by atoms with Crippen LogP contribution in [0.3, 0.4) is 0 Å². The maximum Gasteiger partial charge on any atom is 0.418 e. The van der Waals surface area contributed by atoms with Gasteiger partial charge in [0.2, 0.25) is 0 Å². The first-order valence-corrected chi connectivity index (χ1v) is 7.28. The lowest BCUT2D eigenvalue weighted by Gasteiger charge is -2.16. The van der Waals surface area contributed by atoms with Crippen molar-refractivity contribution in [2.45, 2.75) is 6.18 Å². The van der Waals surface area contributed by atoms with Crippen LogP contribution >= 0.6 is 0 Å². The molecule has 0 aliphatic carbocycles. The monoisotopic (exact) mass is 366 g/mol. The molecular weight excluding hydrogens is 352 g/mol. The first-order chi connectivity index (χ1) is 12.1. The number of anilines is 2. The predicted octanol–water partition coefficient (Wildman–Crippen LogP) is 3.54. The molecule has 2 aromatic carbocycles. The summed E-state index contributed by atoms with van der Waals surface area (Å²) in [5, 5.41) is 8.73. The van der Waals surface area contributed by atoms with E-state index < -0.39 is 29.2 Å². The minimum atomic E-state index is -4.72. The molecule has 0 atom stereocenters. The van der Waals surface area contributed by atoms with E-state index in [1.165, 1.54) is 23.1 Å². The van der Waals surface area contributed by atoms with E-state index in [0.29, 0.717) is 6.07 Å². The first-order valence-electron chi connectivity index (χ1n) is 7.28. The summed E-state index contributed by atoms with van der Waals surface area (Å²) in [6.07, 6.45) is -4.72. The van der Waals surface area contributed by atoms with Gasteiger partial charge in [-0.15, -0.1) is 0 Å². The summed E-state index contributed by atoms with van der Waals surface area (Å²) in [5.74, 6) is -1.45. The molecule has 2 N–H and O–H groups in total. The fraction of sp³-hybridized carbons (Fsp3) is 0.176. The third-order valence-electron chi connectivity index (χ3n) is 3.46. The van der Waals surface area contributed by atoms with Crippen molar-refractivity contribution in [3.8, 4) is 6.07 Å². The van der Waals surface area contributed by atoms with Gasteiger partial charge in [-0.2, -0.15) is 18.4 Å². The molecule has 0 unspecified atom stereocenters. The quantitative estimate of drug-likeness (QED) is 0.642. The van der Waals surface area contributed by atoms with Gasteiger partial charge in [-0.3, -0.25) is 15.6 Å². The van der Waals surface area contributed by atoms with Crippen molar-refractivity contribution in [2.75, 3.05) is 24.4 Å². The van der Waals surface area contributed by atoms with Crippen LogP contribution in [0.2, 0.25) is 0 Å². The Labute approximate surface area is 146 Å². The van der Waals surface area contributed by atoms with E-state index in [2.05, 4.69) is 10.9 Å². The maximum atomic E-state index is 13.9. The summed E-state index contributed by atoms with van der Waals surface area (Å²) < 4.78 is 53.1. The van der Waals surface area contributed by atoms with Gasteiger partial charge in [-0.25, -0.2) is 4.39 Å². The third kappa shape index (κ3) is 4.22. The highest BCUT2D eigenvalue weighted by molar-refractivity contribution is 5.95. The SMILES string of the molecule is CN(C)c1ccc(C(=O)NNc2ccc(C#N)cc2C(F)(F)F)cc1F. The number of nitrogens with zero attached hydrogens (tertiary/aromatic N) is 2. The fourth-order valence-electron chi connectivity index (χ4n) is 2.16. The van der Waals surface area contributed by atoms with Crippen molar-refractivity contribution >= 4 is 17.3 Å². The molecule has 136 valence electrons. The van der Waals surface area contributed by atoms with E-state index in [1.54, 1.807) is 20.2 Å². The molecule has 26 heavy (non-hydrogen) atoms. The van der Waals surface area contributed by atoms with Gasteiger partial charge >= 0.3 is 6.18 Å². The zero-order chi connectivity index (χ0) is 19.5. The fourth-order valence-corrected chi connectivity index (χ4v) is 2.16. The number of hydrazine groups is 1. The topological polar surface area (TPSA) is 68.2 Å². The molecule has 1 amide bonds. The Morgan fingerprint density at radius 3 is 2.38 bits per heavy atom. The van der Waals surface area contributed by atoms with E-state index in [4.69, 9.17) is 5.26 Å². The molecule has 5 nitrogen and oxygen atoms in total. The van der Waals surface area contributed by atoms with E-state index in [0.717, 1.165) is 12.1 Å². The molecule has 0 bridgehead atoms. The van der Waals surface area contributed by atoms with Crippen LogP contribution in [0.25, 0.3) is 0 Å². The Balaban J connectivity index is 2.20. The summed E-state index contributed by atoms with van der Waals surface area (Å²) >= 11 is 0. The number of amides is 1. The molecule has 0 aliphatic heterocycles. The van der Waals surface area contributed by atoms with Crippen LogP contribution in [0.4, 0.5) is 28.9 Å². The van der Waals surface area contributed by atoms with Crippen molar-refractivity contribution in [3.63, 3.8) is 0 Å². The minimum absolute atomic E-state index is 0.0668. The second-order valence-electron chi connectivity index (χ2n) is 5.51. The van der Waals surface area contributed by atoms with Gasteiger partial charge in [-0.1, -0.05) is 0 Å². The van der Waals surface area contributed by atoms with Gasteiger partial charge in [0.1, 0.15) is 5.82 Å². The average Bonchev–Trinajstić information content (AvgIpc) is 2.58. The number of carbonyl (C=O) groups excluding carboxylic acids is 1. The number of hydrogen-bond donors (Lipinski definition) is 2. The summed E-state index contributed by atoms with van der Waals surface area (Å²) in [7, 11) is 3.26. The zero-order valence-electron chi connectivity index (χ0n) is 13.8. The molecule has 0 aromatic heterocycles. The first kappa shape index (κ1) is 19.1. The number of rotatable bonds is 4. The lowest BCUT2D eigenvalue weighted by atomic mass is 10.1. The normalized spacial score (nSPS) is 10.8. The molecular formula is C17H14F4N4O. The summed E-state index contributed by atoms with van der Waals surface area (Å²) in [6, 6.07) is 8.20. The van der Waals surface area contributed by atoms with Gasteiger partial charge in [0, 0.05) is 19.7 Å². The van der Waals surface area contributed by atoms with E-state index in [9.17, 15) is 22.4 Å². The van der Waals surface area contributed by atoms with Crippen LogP contribution in [0, 0.1) is 17.1 Å². The Kier molecular flexibility index (Phi) is 5.35. The predicted molar refractivity (Wildman–Crippen MR) is 88.0 cm³/mol. The van der Waals surface area contributed by atoms with Crippen LogP contribution in [0.15, 0.2) is 36.4 Å². The zero-order valence-corrected chi connectivity index (χ0v) is 13.8. The lowest BCUT2D eigenvalue weighted by Crippen LogP contribution is -2.30. The van der Waals surface area contributed by atoms with Gasteiger partial charge in [0.15, 0.2) is 0 Å². The van der Waals surface area contributed by atoms with Gasteiger partial charge in [0.25, 0.3) is 5.91 Å². The lowest BCUT2D eigenvalue weighted by molar-refractivity contribution is -0.137. The molecule has 2 rings (SSSR count). The Morgan fingerprint density at radius 2 is 1.85 bits per heavy atom. The number of hydrogen-bond acceptors (Lipinski definition) is 4. The largest absolute Gasteiger partial charge is 0.418 e. The maximum absolute atomic E-state index is 13.9. The van der Waals surface area contributed by atoms with Crippen LogP contribution < -0.4 is 15.8 Å². The number of alkyl halides is 3. The van der Waals surface area contributed by atoms with Crippen LogP contribution in [-0.4, -0.2) is 20.0 Å². The van der Waals surface area contributed by atoms with Crippen molar-refractivity contribution in [1.82, 2.24) is 5.43 Å². The molecule has 0 heterocycles.